The highest BCUT2D eigenvalue weighted by Crippen LogP contribution is 2.24. The molecule has 2 nitrogen and oxygen atoms in total. The highest BCUT2D eigenvalue weighted by Gasteiger charge is 2.21. The van der Waals surface area contributed by atoms with Gasteiger partial charge in [0.15, 0.2) is 6.29 Å². The van der Waals surface area contributed by atoms with E-state index in [0.717, 1.165) is 25.0 Å². The van der Waals surface area contributed by atoms with E-state index < -0.39 is 0 Å². The summed E-state index contributed by atoms with van der Waals surface area (Å²) in [4.78, 5) is 0. The maximum absolute atomic E-state index is 5.77. The third-order valence-corrected chi connectivity index (χ3v) is 3.16. The summed E-state index contributed by atoms with van der Waals surface area (Å²) < 4.78 is 11.4. The predicted molar refractivity (Wildman–Crippen MR) is 69.4 cm³/mol. The van der Waals surface area contributed by atoms with Gasteiger partial charge in [0, 0.05) is 12.0 Å². The zero-order valence-electron chi connectivity index (χ0n) is 10.6. The highest BCUT2D eigenvalue weighted by atomic mass is 16.7. The second-order valence-electron chi connectivity index (χ2n) is 4.84. The molecule has 92 valence electrons. The first-order chi connectivity index (χ1) is 8.15. The fraction of sp³-hybridized carbons (Fsp3) is 0.467. The quantitative estimate of drug-likeness (QED) is 0.739. The first-order valence-corrected chi connectivity index (χ1v) is 6.19. The molecular formula is C15H20O2. The first kappa shape index (κ1) is 12.2. The fourth-order valence-corrected chi connectivity index (χ4v) is 1.96. The molecule has 1 fully saturated rings. The van der Waals surface area contributed by atoms with Crippen LogP contribution in [0.25, 0.3) is 5.76 Å². The van der Waals surface area contributed by atoms with Crippen LogP contribution in [-0.2, 0) is 9.47 Å². The van der Waals surface area contributed by atoms with Crippen LogP contribution in [0.1, 0.15) is 30.9 Å². The summed E-state index contributed by atoms with van der Waals surface area (Å²) in [6.07, 6.45) is 1.94. The second-order valence-corrected chi connectivity index (χ2v) is 4.84. The largest absolute Gasteiger partial charge is 0.465 e. The highest BCUT2D eigenvalue weighted by molar-refractivity contribution is 5.57. The molecular weight excluding hydrogens is 212 g/mol. The molecule has 0 spiro atoms. The zero-order valence-corrected chi connectivity index (χ0v) is 10.6. The van der Waals surface area contributed by atoms with Crippen molar-refractivity contribution in [1.82, 2.24) is 0 Å². The van der Waals surface area contributed by atoms with Crippen LogP contribution in [0.3, 0.4) is 0 Å². The molecule has 0 aliphatic carbocycles. The molecule has 2 rings (SSSR count). The van der Waals surface area contributed by atoms with Crippen LogP contribution in [0, 0.1) is 12.8 Å². The number of hydrogen-bond acceptors (Lipinski definition) is 2. The van der Waals surface area contributed by atoms with Crippen molar-refractivity contribution >= 4 is 5.76 Å². The van der Waals surface area contributed by atoms with E-state index in [4.69, 9.17) is 9.47 Å². The van der Waals surface area contributed by atoms with Gasteiger partial charge in [-0.3, -0.25) is 0 Å². The third-order valence-electron chi connectivity index (χ3n) is 3.16. The van der Waals surface area contributed by atoms with Crippen LogP contribution in [-0.4, -0.2) is 12.9 Å². The van der Waals surface area contributed by atoms with E-state index in [2.05, 4.69) is 32.6 Å². The van der Waals surface area contributed by atoms with Crippen molar-refractivity contribution in [3.63, 3.8) is 0 Å². The summed E-state index contributed by atoms with van der Waals surface area (Å²) in [6.45, 7) is 9.05. The number of aryl methyl sites for hydroxylation is 1. The Hall–Kier alpha value is -1.28. The van der Waals surface area contributed by atoms with Gasteiger partial charge in [-0.15, -0.1) is 0 Å². The smallest absolute Gasteiger partial charge is 0.200 e. The van der Waals surface area contributed by atoms with Gasteiger partial charge in [0.25, 0.3) is 0 Å². The molecule has 0 amide bonds. The Kier molecular flexibility index (Phi) is 3.85. The van der Waals surface area contributed by atoms with E-state index in [0.29, 0.717) is 11.7 Å². The average molecular weight is 232 g/mol. The summed E-state index contributed by atoms with van der Waals surface area (Å²) >= 11 is 0. The Labute approximate surface area is 103 Å². The van der Waals surface area contributed by atoms with Gasteiger partial charge in [0.05, 0.1) is 6.61 Å². The molecule has 0 unspecified atom stereocenters. The first-order valence-electron chi connectivity index (χ1n) is 6.19. The molecule has 1 aliphatic heterocycles. The zero-order chi connectivity index (χ0) is 12.3. The van der Waals surface area contributed by atoms with Crippen molar-refractivity contribution in [3.8, 4) is 0 Å². The second kappa shape index (κ2) is 5.37. The Bertz CT molecular complexity index is 380. The van der Waals surface area contributed by atoms with Crippen molar-refractivity contribution < 1.29 is 9.47 Å². The Morgan fingerprint density at radius 3 is 2.71 bits per heavy atom. The molecule has 0 bridgehead atoms. The Morgan fingerprint density at radius 1 is 1.35 bits per heavy atom. The van der Waals surface area contributed by atoms with Gasteiger partial charge in [-0.2, -0.15) is 0 Å². The lowest BCUT2D eigenvalue weighted by Gasteiger charge is -2.28. The average Bonchev–Trinajstić information content (AvgIpc) is 2.29. The van der Waals surface area contributed by atoms with Gasteiger partial charge in [-0.05, 0) is 19.3 Å². The Balaban J connectivity index is 1.94. The molecule has 0 radical (unpaired) electrons. The SMILES string of the molecule is C=C(O[C@H]1C[C@@H](C)CCO1)c1ccc(C)cc1. The van der Waals surface area contributed by atoms with Gasteiger partial charge in [0.1, 0.15) is 5.76 Å². The molecule has 1 aliphatic rings. The maximum Gasteiger partial charge on any atom is 0.200 e. The summed E-state index contributed by atoms with van der Waals surface area (Å²) in [6, 6.07) is 8.19. The normalized spacial score (nSPS) is 24.4. The minimum atomic E-state index is -0.132. The van der Waals surface area contributed by atoms with Crippen molar-refractivity contribution in [1.29, 1.82) is 0 Å². The predicted octanol–water partition coefficient (Wildman–Crippen LogP) is 3.75. The third kappa shape index (κ3) is 3.34. The molecule has 0 aromatic heterocycles. The van der Waals surface area contributed by atoms with Gasteiger partial charge in [-0.1, -0.05) is 43.3 Å². The number of benzene rings is 1. The summed E-state index contributed by atoms with van der Waals surface area (Å²) in [5, 5.41) is 0. The number of rotatable bonds is 3. The topological polar surface area (TPSA) is 18.5 Å². The monoisotopic (exact) mass is 232 g/mol. The lowest BCUT2D eigenvalue weighted by atomic mass is 10.0. The van der Waals surface area contributed by atoms with Gasteiger partial charge >= 0.3 is 0 Å². The molecule has 17 heavy (non-hydrogen) atoms. The maximum atomic E-state index is 5.77. The van der Waals surface area contributed by atoms with E-state index in [-0.39, 0.29) is 6.29 Å². The number of ether oxygens (including phenoxy) is 2. The van der Waals surface area contributed by atoms with Gasteiger partial charge in [-0.25, -0.2) is 0 Å². The molecule has 1 aromatic rings. The van der Waals surface area contributed by atoms with E-state index >= 15 is 0 Å². The van der Waals surface area contributed by atoms with E-state index in [1.807, 2.05) is 12.1 Å². The molecule has 2 heteroatoms. The van der Waals surface area contributed by atoms with Crippen LogP contribution in [0.5, 0.6) is 0 Å². The van der Waals surface area contributed by atoms with Gasteiger partial charge < -0.3 is 9.47 Å². The molecule has 0 N–H and O–H groups in total. The van der Waals surface area contributed by atoms with Crippen LogP contribution in [0.15, 0.2) is 30.8 Å². The molecule has 1 aromatic carbocycles. The van der Waals surface area contributed by atoms with Crippen LogP contribution < -0.4 is 0 Å². The van der Waals surface area contributed by atoms with Crippen LogP contribution >= 0.6 is 0 Å². The van der Waals surface area contributed by atoms with Crippen molar-refractivity contribution in [3.05, 3.63) is 42.0 Å². The summed E-state index contributed by atoms with van der Waals surface area (Å²) in [5.74, 6) is 1.36. The van der Waals surface area contributed by atoms with Crippen molar-refractivity contribution in [2.45, 2.75) is 33.0 Å². The lowest BCUT2D eigenvalue weighted by molar-refractivity contribution is -0.133. The fourth-order valence-electron chi connectivity index (χ4n) is 1.96. The van der Waals surface area contributed by atoms with Crippen LogP contribution in [0.4, 0.5) is 0 Å². The Morgan fingerprint density at radius 2 is 2.06 bits per heavy atom. The molecule has 0 saturated carbocycles. The summed E-state index contributed by atoms with van der Waals surface area (Å²) in [7, 11) is 0. The van der Waals surface area contributed by atoms with E-state index in [1.165, 1.54) is 5.56 Å². The van der Waals surface area contributed by atoms with E-state index in [1.54, 1.807) is 0 Å². The molecule has 2 atom stereocenters. The van der Waals surface area contributed by atoms with Crippen molar-refractivity contribution in [2.75, 3.05) is 6.61 Å². The standard InChI is InChI=1S/C15H20O2/c1-11-4-6-14(7-5-11)13(3)17-15-10-12(2)8-9-16-15/h4-7,12,15H,3,8-10H2,1-2H3/t12-,15-/m0/s1. The van der Waals surface area contributed by atoms with Gasteiger partial charge in [0.2, 0.25) is 0 Å². The minimum absolute atomic E-state index is 0.132. The van der Waals surface area contributed by atoms with Crippen LogP contribution in [0.2, 0.25) is 0 Å². The van der Waals surface area contributed by atoms with E-state index in [9.17, 15) is 0 Å². The summed E-state index contributed by atoms with van der Waals surface area (Å²) in [5.41, 5.74) is 2.27. The lowest BCUT2D eigenvalue weighted by Crippen LogP contribution is -2.26. The molecule has 1 heterocycles. The minimum Gasteiger partial charge on any atom is -0.465 e. The number of hydrogen-bond donors (Lipinski definition) is 0. The molecule has 1 saturated heterocycles. The van der Waals surface area contributed by atoms with Crippen molar-refractivity contribution in [2.24, 2.45) is 5.92 Å².